The Balaban J connectivity index is 1.40. The third-order valence-electron chi connectivity index (χ3n) is 6.78. The highest BCUT2D eigenvalue weighted by Crippen LogP contribution is 2.19. The van der Waals surface area contributed by atoms with Gasteiger partial charge in [0.1, 0.15) is 0 Å². The molecular formula is C29H31N5O3S. The highest BCUT2D eigenvalue weighted by molar-refractivity contribution is 7.89. The molecule has 1 aromatic heterocycles. The lowest BCUT2D eigenvalue weighted by molar-refractivity contribution is -0.121. The van der Waals surface area contributed by atoms with Crippen LogP contribution in [0.15, 0.2) is 84.1 Å². The van der Waals surface area contributed by atoms with E-state index in [1.165, 1.54) is 0 Å². The molecule has 38 heavy (non-hydrogen) atoms. The third-order valence-corrected chi connectivity index (χ3v) is 8.20. The molecule has 0 radical (unpaired) electrons. The van der Waals surface area contributed by atoms with Gasteiger partial charge in [0.15, 0.2) is 0 Å². The van der Waals surface area contributed by atoms with Crippen LogP contribution in [0.4, 0.5) is 0 Å². The summed E-state index contributed by atoms with van der Waals surface area (Å²) in [6.45, 7) is 4.60. The number of carbonyl (C=O) groups is 1. The van der Waals surface area contributed by atoms with E-state index in [2.05, 4.69) is 21.1 Å². The fourth-order valence-corrected chi connectivity index (χ4v) is 5.33. The molecule has 3 aromatic carbocycles. The second-order valence-corrected chi connectivity index (χ2v) is 11.2. The van der Waals surface area contributed by atoms with Crippen LogP contribution in [-0.2, 0) is 27.8 Å². The molecule has 0 aliphatic carbocycles. The molecule has 2 unspecified atom stereocenters. The number of hydrogen-bond donors (Lipinski definition) is 2. The fourth-order valence-electron chi connectivity index (χ4n) is 4.24. The van der Waals surface area contributed by atoms with Gasteiger partial charge in [0.2, 0.25) is 15.9 Å². The number of sulfonamides is 1. The molecule has 4 aromatic rings. The molecule has 0 spiro atoms. The number of amides is 1. The zero-order chi connectivity index (χ0) is 27.1. The summed E-state index contributed by atoms with van der Waals surface area (Å²) in [7, 11) is -3.76. The molecule has 0 aliphatic heterocycles. The van der Waals surface area contributed by atoms with Crippen LogP contribution < -0.4 is 10.0 Å². The average molecular weight is 530 g/mol. The van der Waals surface area contributed by atoms with E-state index in [4.69, 9.17) is 5.26 Å². The van der Waals surface area contributed by atoms with Gasteiger partial charge in [0.05, 0.1) is 29.3 Å². The smallest absolute Gasteiger partial charge is 0.240 e. The van der Waals surface area contributed by atoms with Crippen molar-refractivity contribution >= 4 is 26.7 Å². The number of imidazole rings is 1. The number of nitrogens with zero attached hydrogens (tertiary/aromatic N) is 3. The van der Waals surface area contributed by atoms with Crippen molar-refractivity contribution in [3.05, 3.63) is 96.1 Å². The van der Waals surface area contributed by atoms with Gasteiger partial charge in [-0.3, -0.25) is 4.79 Å². The number of carbonyl (C=O) groups excluding carboxylic acids is 1. The first-order chi connectivity index (χ1) is 18.3. The number of fused-ring (bicyclic) bond motifs is 1. The summed E-state index contributed by atoms with van der Waals surface area (Å²) >= 11 is 0. The Morgan fingerprint density at radius 1 is 1.08 bits per heavy atom. The maximum Gasteiger partial charge on any atom is 0.240 e. The van der Waals surface area contributed by atoms with Crippen LogP contribution >= 0.6 is 0 Å². The first-order valence-corrected chi connectivity index (χ1v) is 14.0. The van der Waals surface area contributed by atoms with E-state index in [9.17, 15) is 13.2 Å². The minimum Gasteiger partial charge on any atom is -0.351 e. The summed E-state index contributed by atoms with van der Waals surface area (Å²) in [5.74, 6) is -0.149. The average Bonchev–Trinajstić information content (AvgIpc) is 3.36. The Morgan fingerprint density at radius 2 is 1.82 bits per heavy atom. The Kier molecular flexibility index (Phi) is 8.56. The predicted molar refractivity (Wildman–Crippen MR) is 147 cm³/mol. The summed E-state index contributed by atoms with van der Waals surface area (Å²) in [4.78, 5) is 17.4. The molecule has 0 saturated heterocycles. The first kappa shape index (κ1) is 27.0. The van der Waals surface area contributed by atoms with Gasteiger partial charge in [-0.2, -0.15) is 5.26 Å². The molecule has 196 valence electrons. The molecule has 0 aliphatic rings. The van der Waals surface area contributed by atoms with Crippen molar-refractivity contribution in [3.63, 3.8) is 0 Å². The van der Waals surface area contributed by atoms with Crippen LogP contribution in [0, 0.1) is 17.2 Å². The van der Waals surface area contributed by atoms with E-state index in [0.717, 1.165) is 28.5 Å². The molecule has 0 saturated carbocycles. The van der Waals surface area contributed by atoms with Crippen molar-refractivity contribution in [2.45, 2.75) is 44.2 Å². The second kappa shape index (κ2) is 12.0. The molecule has 8 nitrogen and oxygen atoms in total. The molecule has 4 rings (SSSR count). The predicted octanol–water partition coefficient (Wildman–Crippen LogP) is 4.01. The monoisotopic (exact) mass is 529 g/mol. The number of benzene rings is 3. The lowest BCUT2D eigenvalue weighted by Gasteiger charge is -2.25. The molecule has 0 bridgehead atoms. The number of nitriles is 1. The van der Waals surface area contributed by atoms with Gasteiger partial charge >= 0.3 is 0 Å². The van der Waals surface area contributed by atoms with E-state index < -0.39 is 10.0 Å². The van der Waals surface area contributed by atoms with Gasteiger partial charge in [-0.15, -0.1) is 0 Å². The van der Waals surface area contributed by atoms with Gasteiger partial charge in [-0.25, -0.2) is 18.1 Å². The Morgan fingerprint density at radius 3 is 2.53 bits per heavy atom. The topological polar surface area (TPSA) is 117 Å². The van der Waals surface area contributed by atoms with E-state index in [-0.39, 0.29) is 35.7 Å². The van der Waals surface area contributed by atoms with Gasteiger partial charge in [0, 0.05) is 31.0 Å². The number of hydrogen-bond acceptors (Lipinski definition) is 5. The SMILES string of the molecule is CCC(C)C(CNS(=O)(=O)c1ccc2ccccc2c1)NC(=O)Cc1cncn1Cc1ccc(C#N)cc1. The van der Waals surface area contributed by atoms with Crippen molar-refractivity contribution in [2.24, 2.45) is 5.92 Å². The third kappa shape index (κ3) is 6.65. The largest absolute Gasteiger partial charge is 0.351 e. The summed E-state index contributed by atoms with van der Waals surface area (Å²) in [6, 6.07) is 21.6. The lowest BCUT2D eigenvalue weighted by atomic mass is 9.99. The minimum absolute atomic E-state index is 0.0572. The van der Waals surface area contributed by atoms with Crippen molar-refractivity contribution in [1.82, 2.24) is 19.6 Å². The van der Waals surface area contributed by atoms with E-state index in [0.29, 0.717) is 12.1 Å². The van der Waals surface area contributed by atoms with Gasteiger partial charge in [-0.1, -0.05) is 62.7 Å². The van der Waals surface area contributed by atoms with Crippen molar-refractivity contribution < 1.29 is 13.2 Å². The first-order valence-electron chi connectivity index (χ1n) is 12.5. The molecule has 1 amide bonds. The molecule has 9 heteroatoms. The van der Waals surface area contributed by atoms with E-state index in [1.807, 2.05) is 54.8 Å². The fraction of sp³-hybridized carbons (Fsp3) is 0.276. The zero-order valence-corrected chi connectivity index (χ0v) is 22.3. The van der Waals surface area contributed by atoms with Crippen LogP contribution in [0.3, 0.4) is 0 Å². The number of rotatable bonds is 11. The molecule has 1 heterocycles. The van der Waals surface area contributed by atoms with Crippen molar-refractivity contribution in [2.75, 3.05) is 6.54 Å². The molecule has 2 N–H and O–H groups in total. The standard InChI is InChI=1S/C29H31N5O3S/c1-3-21(2)28(18-32-38(36,37)27-13-12-24-6-4-5-7-25(24)14-27)33-29(35)15-26-17-31-20-34(26)19-23-10-8-22(16-30)9-11-23/h4-14,17,20-21,28,32H,3,15,18-19H2,1-2H3,(H,33,35). The summed E-state index contributed by atoms with van der Waals surface area (Å²) in [6.07, 6.45) is 4.22. The van der Waals surface area contributed by atoms with Gasteiger partial charge < -0.3 is 9.88 Å². The highest BCUT2D eigenvalue weighted by atomic mass is 32.2. The summed E-state index contributed by atoms with van der Waals surface area (Å²) in [5.41, 5.74) is 2.32. The van der Waals surface area contributed by atoms with Crippen LogP contribution in [0.1, 0.15) is 37.1 Å². The maximum absolute atomic E-state index is 13.0. The Hall–Kier alpha value is -4.00. The summed E-state index contributed by atoms with van der Waals surface area (Å²) in [5, 5.41) is 13.8. The molecule has 0 fully saturated rings. The minimum atomic E-state index is -3.76. The van der Waals surface area contributed by atoms with Crippen LogP contribution in [0.25, 0.3) is 10.8 Å². The van der Waals surface area contributed by atoms with Crippen LogP contribution in [-0.4, -0.2) is 36.5 Å². The van der Waals surface area contributed by atoms with Crippen molar-refractivity contribution in [3.8, 4) is 6.07 Å². The van der Waals surface area contributed by atoms with Crippen molar-refractivity contribution in [1.29, 1.82) is 5.26 Å². The Labute approximate surface area is 223 Å². The summed E-state index contributed by atoms with van der Waals surface area (Å²) < 4.78 is 30.7. The number of nitrogens with one attached hydrogen (secondary N) is 2. The van der Waals surface area contributed by atoms with Crippen LogP contribution in [0.2, 0.25) is 0 Å². The lowest BCUT2D eigenvalue weighted by Crippen LogP contribution is -2.47. The van der Waals surface area contributed by atoms with E-state index in [1.54, 1.807) is 42.9 Å². The maximum atomic E-state index is 13.0. The second-order valence-electron chi connectivity index (χ2n) is 9.42. The van der Waals surface area contributed by atoms with Crippen LogP contribution in [0.5, 0.6) is 0 Å². The molecule has 2 atom stereocenters. The van der Waals surface area contributed by atoms with Gasteiger partial charge in [-0.05, 0) is 46.5 Å². The van der Waals surface area contributed by atoms with E-state index >= 15 is 0 Å². The molecular weight excluding hydrogens is 498 g/mol. The highest BCUT2D eigenvalue weighted by Gasteiger charge is 2.23. The quantitative estimate of drug-likeness (QED) is 0.305. The normalized spacial score (nSPS) is 13.1. The Bertz CT molecular complexity index is 1560. The van der Waals surface area contributed by atoms with Gasteiger partial charge in [0.25, 0.3) is 0 Å². The number of aromatic nitrogens is 2. The zero-order valence-electron chi connectivity index (χ0n) is 21.5.